The molecule has 6 heteroatoms. The molecule has 0 saturated carbocycles. The van der Waals surface area contributed by atoms with Crippen molar-refractivity contribution in [2.24, 2.45) is 0 Å². The number of hydrogen-bond donors (Lipinski definition) is 1. The fraction of sp³-hybridized carbons (Fsp3) is 0.438. The number of carbonyl (C=O) groups excluding carboxylic acids is 1. The lowest BCUT2D eigenvalue weighted by Gasteiger charge is -2.23. The summed E-state index contributed by atoms with van der Waals surface area (Å²) in [5.74, 6) is -0.136. The highest BCUT2D eigenvalue weighted by Crippen LogP contribution is 2.17. The van der Waals surface area contributed by atoms with Crippen LogP contribution in [0, 0.1) is 0 Å². The molecule has 1 atom stereocenters. The van der Waals surface area contributed by atoms with E-state index in [1.54, 1.807) is 29.2 Å². The van der Waals surface area contributed by atoms with E-state index in [2.05, 4.69) is 4.98 Å². The zero-order chi connectivity index (χ0) is 15.7. The van der Waals surface area contributed by atoms with E-state index in [4.69, 9.17) is 0 Å². The summed E-state index contributed by atoms with van der Waals surface area (Å²) in [5, 5.41) is 0.426. The number of para-hydroxylation sites is 1. The van der Waals surface area contributed by atoms with Crippen molar-refractivity contribution in [2.45, 2.75) is 32.2 Å². The van der Waals surface area contributed by atoms with Crippen LogP contribution in [0.2, 0.25) is 0 Å². The van der Waals surface area contributed by atoms with Crippen LogP contribution in [0.1, 0.15) is 32.2 Å². The van der Waals surface area contributed by atoms with Crippen LogP contribution in [0.5, 0.6) is 0 Å². The van der Waals surface area contributed by atoms with Gasteiger partial charge in [-0.3, -0.25) is 9.59 Å². The molecule has 3 rings (SSSR count). The molecule has 1 aliphatic rings. The van der Waals surface area contributed by atoms with Crippen LogP contribution in [0.15, 0.2) is 33.9 Å². The number of fused-ring (bicyclic) bond motifs is 1. The highest BCUT2D eigenvalue weighted by atomic mass is 16.2. The molecule has 2 heterocycles. The van der Waals surface area contributed by atoms with Crippen LogP contribution < -0.4 is 11.2 Å². The molecular formula is C16H19N3O3. The van der Waals surface area contributed by atoms with Gasteiger partial charge < -0.3 is 9.88 Å². The quantitative estimate of drug-likeness (QED) is 0.927. The maximum atomic E-state index is 12.6. The Morgan fingerprint density at radius 3 is 2.59 bits per heavy atom. The van der Waals surface area contributed by atoms with Crippen molar-refractivity contribution < 1.29 is 4.79 Å². The Kier molecular flexibility index (Phi) is 3.83. The normalized spacial score (nSPS) is 16.1. The average molecular weight is 301 g/mol. The van der Waals surface area contributed by atoms with E-state index in [1.807, 2.05) is 6.92 Å². The number of H-pyrrole nitrogens is 1. The summed E-state index contributed by atoms with van der Waals surface area (Å²) in [6.07, 6.45) is 2.37. The first-order chi connectivity index (χ1) is 10.6. The maximum absolute atomic E-state index is 12.6. The van der Waals surface area contributed by atoms with Crippen LogP contribution in [-0.4, -0.2) is 33.4 Å². The Hall–Kier alpha value is -2.37. The third-order valence-electron chi connectivity index (χ3n) is 4.24. The van der Waals surface area contributed by atoms with Gasteiger partial charge in [0.05, 0.1) is 10.9 Å². The average Bonchev–Trinajstić information content (AvgIpc) is 3.05. The summed E-state index contributed by atoms with van der Waals surface area (Å²) in [4.78, 5) is 42.0. The third-order valence-corrected chi connectivity index (χ3v) is 4.24. The van der Waals surface area contributed by atoms with Gasteiger partial charge in [0, 0.05) is 13.1 Å². The molecule has 0 aliphatic carbocycles. The van der Waals surface area contributed by atoms with E-state index >= 15 is 0 Å². The van der Waals surface area contributed by atoms with Crippen molar-refractivity contribution in [3.8, 4) is 0 Å². The summed E-state index contributed by atoms with van der Waals surface area (Å²) in [5.41, 5.74) is -0.431. The number of hydrogen-bond acceptors (Lipinski definition) is 3. The number of aromatic amines is 1. The summed E-state index contributed by atoms with van der Waals surface area (Å²) < 4.78 is 1.07. The smallest absolute Gasteiger partial charge is 0.329 e. The molecule has 0 radical (unpaired) electrons. The third kappa shape index (κ3) is 2.34. The van der Waals surface area contributed by atoms with Crippen molar-refractivity contribution in [3.63, 3.8) is 0 Å². The number of amides is 1. The topological polar surface area (TPSA) is 75.2 Å². The monoisotopic (exact) mass is 301 g/mol. The molecule has 0 bridgehead atoms. The van der Waals surface area contributed by atoms with Crippen molar-refractivity contribution in [2.75, 3.05) is 13.1 Å². The Balaban J connectivity index is 2.12. The Labute approximate surface area is 127 Å². The molecule has 1 fully saturated rings. The number of rotatable bonds is 3. The SMILES string of the molecule is CCC(C(=O)N1CCCC1)n1c(=O)[nH]c2ccccc2c1=O. The fourth-order valence-corrected chi connectivity index (χ4v) is 3.08. The predicted octanol–water partition coefficient (Wildman–Crippen LogP) is 1.26. The van der Waals surface area contributed by atoms with Crippen molar-refractivity contribution in [3.05, 3.63) is 45.1 Å². The second-order valence-electron chi connectivity index (χ2n) is 5.61. The van der Waals surface area contributed by atoms with Gasteiger partial charge in [0.15, 0.2) is 0 Å². The molecule has 6 nitrogen and oxygen atoms in total. The molecule has 22 heavy (non-hydrogen) atoms. The summed E-state index contributed by atoms with van der Waals surface area (Å²) in [6.45, 7) is 3.23. The van der Waals surface area contributed by atoms with Crippen LogP contribution in [-0.2, 0) is 4.79 Å². The summed E-state index contributed by atoms with van der Waals surface area (Å²) in [7, 11) is 0. The van der Waals surface area contributed by atoms with Gasteiger partial charge in [-0.1, -0.05) is 19.1 Å². The van der Waals surface area contributed by atoms with Gasteiger partial charge in [-0.05, 0) is 31.4 Å². The van der Waals surface area contributed by atoms with Crippen molar-refractivity contribution >= 4 is 16.8 Å². The predicted molar refractivity (Wildman–Crippen MR) is 84.0 cm³/mol. The standard InChI is InChI=1S/C16H19N3O3/c1-2-13(15(21)18-9-5-6-10-18)19-14(20)11-7-3-4-8-12(11)17-16(19)22/h3-4,7-8,13H,2,5-6,9-10H2,1H3,(H,17,22). The van der Waals surface area contributed by atoms with E-state index in [0.29, 0.717) is 30.4 Å². The van der Waals surface area contributed by atoms with Crippen molar-refractivity contribution in [1.82, 2.24) is 14.5 Å². The summed E-state index contributed by atoms with van der Waals surface area (Å²) >= 11 is 0. The van der Waals surface area contributed by atoms with Crippen LogP contribution in [0.25, 0.3) is 10.9 Å². The number of carbonyl (C=O) groups is 1. The van der Waals surface area contributed by atoms with Gasteiger partial charge in [0.2, 0.25) is 5.91 Å². The Bertz CT molecular complexity index is 815. The first kappa shape index (κ1) is 14.6. The maximum Gasteiger partial charge on any atom is 0.329 e. The van der Waals surface area contributed by atoms with Crippen molar-refractivity contribution in [1.29, 1.82) is 0 Å². The molecule has 1 unspecified atom stereocenters. The molecular weight excluding hydrogens is 282 g/mol. The first-order valence-corrected chi connectivity index (χ1v) is 7.66. The Morgan fingerprint density at radius 1 is 1.23 bits per heavy atom. The van der Waals surface area contributed by atoms with Gasteiger partial charge in [0.1, 0.15) is 6.04 Å². The zero-order valence-electron chi connectivity index (χ0n) is 12.5. The molecule has 1 aliphatic heterocycles. The minimum Gasteiger partial charge on any atom is -0.341 e. The first-order valence-electron chi connectivity index (χ1n) is 7.66. The lowest BCUT2D eigenvalue weighted by atomic mass is 10.1. The lowest BCUT2D eigenvalue weighted by Crippen LogP contribution is -2.45. The zero-order valence-corrected chi connectivity index (χ0v) is 12.5. The number of nitrogens with zero attached hydrogens (tertiary/aromatic N) is 2. The van der Waals surface area contributed by atoms with Gasteiger partial charge in [-0.25, -0.2) is 9.36 Å². The number of benzene rings is 1. The van der Waals surface area contributed by atoms with E-state index in [1.165, 1.54) is 0 Å². The number of likely N-dealkylation sites (tertiary alicyclic amines) is 1. The van der Waals surface area contributed by atoms with Crippen LogP contribution in [0.4, 0.5) is 0 Å². The molecule has 1 N–H and O–H groups in total. The van der Waals surface area contributed by atoms with E-state index in [-0.39, 0.29) is 5.91 Å². The largest absolute Gasteiger partial charge is 0.341 e. The minimum atomic E-state index is -0.737. The lowest BCUT2D eigenvalue weighted by molar-refractivity contribution is -0.134. The molecule has 1 aromatic heterocycles. The van der Waals surface area contributed by atoms with Gasteiger partial charge in [-0.15, -0.1) is 0 Å². The van der Waals surface area contributed by atoms with Crippen LogP contribution in [0.3, 0.4) is 0 Å². The number of aromatic nitrogens is 2. The molecule has 1 amide bonds. The van der Waals surface area contributed by atoms with E-state index in [0.717, 1.165) is 17.4 Å². The molecule has 116 valence electrons. The van der Waals surface area contributed by atoms with E-state index in [9.17, 15) is 14.4 Å². The molecule has 1 aromatic carbocycles. The van der Waals surface area contributed by atoms with Crippen LogP contribution >= 0.6 is 0 Å². The highest BCUT2D eigenvalue weighted by molar-refractivity contribution is 5.82. The van der Waals surface area contributed by atoms with Gasteiger partial charge in [-0.2, -0.15) is 0 Å². The second-order valence-corrected chi connectivity index (χ2v) is 5.61. The number of nitrogens with one attached hydrogen (secondary N) is 1. The molecule has 1 saturated heterocycles. The van der Waals surface area contributed by atoms with Gasteiger partial charge in [0.25, 0.3) is 5.56 Å². The minimum absolute atomic E-state index is 0.136. The Morgan fingerprint density at radius 2 is 1.91 bits per heavy atom. The molecule has 0 spiro atoms. The fourth-order valence-electron chi connectivity index (χ4n) is 3.08. The molecule has 2 aromatic rings. The van der Waals surface area contributed by atoms with Gasteiger partial charge >= 0.3 is 5.69 Å². The highest BCUT2D eigenvalue weighted by Gasteiger charge is 2.29. The van der Waals surface area contributed by atoms with E-state index < -0.39 is 17.3 Å². The summed E-state index contributed by atoms with van der Waals surface area (Å²) in [6, 6.07) is 6.12. The second kappa shape index (κ2) is 5.79.